The molecule has 0 radical (unpaired) electrons. The van der Waals surface area contributed by atoms with Gasteiger partial charge in [-0.05, 0) is 66.1 Å². The van der Waals surface area contributed by atoms with Gasteiger partial charge in [-0.1, -0.05) is 41.9 Å². The van der Waals surface area contributed by atoms with Gasteiger partial charge in [0.25, 0.3) is 5.91 Å². The largest absolute Gasteiger partial charge is 0.348 e. The maximum Gasteiger partial charge on any atom is 0.270 e. The number of pyridine rings is 2. The third-order valence-corrected chi connectivity index (χ3v) is 5.90. The fourth-order valence-electron chi connectivity index (χ4n) is 4.06. The molecule has 0 saturated carbocycles. The summed E-state index contributed by atoms with van der Waals surface area (Å²) < 4.78 is 0. The Labute approximate surface area is 185 Å². The van der Waals surface area contributed by atoms with Gasteiger partial charge in [0.1, 0.15) is 11.5 Å². The highest BCUT2D eigenvalue weighted by atomic mass is 35.5. The number of benzene rings is 2. The van der Waals surface area contributed by atoms with Gasteiger partial charge in [0.15, 0.2) is 0 Å². The molecule has 2 aromatic heterocycles. The van der Waals surface area contributed by atoms with Gasteiger partial charge in [-0.15, -0.1) is 0 Å². The van der Waals surface area contributed by atoms with Crippen LogP contribution in [0.2, 0.25) is 5.02 Å². The molecule has 2 heterocycles. The molecular formula is C25H21ClN4O. The lowest BCUT2D eigenvalue weighted by Crippen LogP contribution is -2.39. The van der Waals surface area contributed by atoms with Crippen molar-refractivity contribution in [3.05, 3.63) is 94.9 Å². The van der Waals surface area contributed by atoms with E-state index in [0.717, 1.165) is 35.7 Å². The lowest BCUT2D eigenvalue weighted by Gasteiger charge is -2.25. The highest BCUT2D eigenvalue weighted by Gasteiger charge is 2.20. The first-order valence-electron chi connectivity index (χ1n) is 10.3. The number of nitrogens with zero attached hydrogens (tertiary/aromatic N) is 2. The van der Waals surface area contributed by atoms with Gasteiger partial charge in [0.05, 0.1) is 11.9 Å². The van der Waals surface area contributed by atoms with E-state index >= 15 is 0 Å². The average molecular weight is 429 g/mol. The molecular weight excluding hydrogens is 408 g/mol. The number of nitrogens with one attached hydrogen (secondary N) is 2. The van der Waals surface area contributed by atoms with Crippen molar-refractivity contribution in [3.63, 3.8) is 0 Å². The second-order valence-corrected chi connectivity index (χ2v) is 8.20. The van der Waals surface area contributed by atoms with E-state index in [4.69, 9.17) is 11.6 Å². The Morgan fingerprint density at radius 3 is 2.71 bits per heavy atom. The molecule has 31 heavy (non-hydrogen) atoms. The molecule has 0 aliphatic heterocycles. The van der Waals surface area contributed by atoms with Crippen LogP contribution in [0.1, 0.15) is 28.0 Å². The van der Waals surface area contributed by atoms with E-state index < -0.39 is 0 Å². The van der Waals surface area contributed by atoms with Gasteiger partial charge < -0.3 is 10.6 Å². The van der Waals surface area contributed by atoms with E-state index in [9.17, 15) is 4.79 Å². The van der Waals surface area contributed by atoms with Gasteiger partial charge in [-0.3, -0.25) is 4.79 Å². The topological polar surface area (TPSA) is 66.9 Å². The van der Waals surface area contributed by atoms with Crippen molar-refractivity contribution in [1.82, 2.24) is 15.3 Å². The molecule has 5 nitrogen and oxygen atoms in total. The van der Waals surface area contributed by atoms with Crippen LogP contribution >= 0.6 is 11.6 Å². The Bertz CT molecular complexity index is 1260. The number of halogens is 1. The summed E-state index contributed by atoms with van der Waals surface area (Å²) in [6.45, 7) is 0. The molecule has 1 amide bonds. The van der Waals surface area contributed by atoms with Gasteiger partial charge in [0.2, 0.25) is 0 Å². The number of carbonyl (C=O) groups excluding carboxylic acids is 1. The van der Waals surface area contributed by atoms with Crippen LogP contribution in [0.25, 0.3) is 10.8 Å². The number of amides is 1. The minimum absolute atomic E-state index is 0.131. The molecule has 0 bridgehead atoms. The van der Waals surface area contributed by atoms with E-state index in [1.54, 1.807) is 18.5 Å². The van der Waals surface area contributed by atoms with Crippen LogP contribution in [0.4, 0.5) is 11.5 Å². The number of carbonyl (C=O) groups is 1. The summed E-state index contributed by atoms with van der Waals surface area (Å²) in [5.41, 5.74) is 3.85. The molecule has 2 aromatic carbocycles. The highest BCUT2D eigenvalue weighted by molar-refractivity contribution is 6.31. The average Bonchev–Trinajstić information content (AvgIpc) is 2.80. The van der Waals surface area contributed by atoms with Crippen LogP contribution in [-0.4, -0.2) is 21.9 Å². The summed E-state index contributed by atoms with van der Waals surface area (Å²) in [6.07, 6.45) is 6.18. The molecule has 2 N–H and O–H groups in total. The van der Waals surface area contributed by atoms with E-state index in [2.05, 4.69) is 44.9 Å². The summed E-state index contributed by atoms with van der Waals surface area (Å²) in [7, 11) is 0. The number of rotatable bonds is 4. The fourth-order valence-corrected chi connectivity index (χ4v) is 4.23. The first-order valence-corrected chi connectivity index (χ1v) is 10.7. The van der Waals surface area contributed by atoms with Crippen molar-refractivity contribution in [1.29, 1.82) is 0 Å². The molecule has 0 saturated heterocycles. The Hall–Kier alpha value is -3.44. The minimum Gasteiger partial charge on any atom is -0.348 e. The molecule has 1 aliphatic carbocycles. The monoisotopic (exact) mass is 428 g/mol. The van der Waals surface area contributed by atoms with Crippen molar-refractivity contribution in [3.8, 4) is 0 Å². The van der Waals surface area contributed by atoms with E-state index in [-0.39, 0.29) is 11.9 Å². The number of fused-ring (bicyclic) bond motifs is 2. The zero-order chi connectivity index (χ0) is 21.2. The normalized spacial score (nSPS) is 15.3. The standard InChI is InChI=1S/C25H21ClN4O/c26-19-7-5-17-11-12-27-24(22(17)14-19)29-21-9-10-23(28-15-21)25(31)30-20-8-6-16-3-1-2-4-18(16)13-20/h1-5,7,9-12,14-15,20H,6,8,13H2,(H,27,29)(H,30,31). The van der Waals surface area contributed by atoms with E-state index in [1.807, 2.05) is 30.3 Å². The van der Waals surface area contributed by atoms with Crippen LogP contribution in [0.5, 0.6) is 0 Å². The Balaban J connectivity index is 1.27. The third-order valence-electron chi connectivity index (χ3n) is 5.67. The number of aromatic nitrogens is 2. The molecule has 1 atom stereocenters. The molecule has 1 aliphatic rings. The van der Waals surface area contributed by atoms with Gasteiger partial charge in [0, 0.05) is 22.6 Å². The Kier molecular flexibility index (Phi) is 5.26. The summed E-state index contributed by atoms with van der Waals surface area (Å²) in [4.78, 5) is 21.5. The molecule has 0 spiro atoms. The second-order valence-electron chi connectivity index (χ2n) is 7.76. The number of anilines is 2. The highest BCUT2D eigenvalue weighted by Crippen LogP contribution is 2.27. The third kappa shape index (κ3) is 4.23. The number of aryl methyl sites for hydroxylation is 1. The van der Waals surface area contributed by atoms with Crippen LogP contribution < -0.4 is 10.6 Å². The van der Waals surface area contributed by atoms with E-state index in [1.165, 1.54) is 11.1 Å². The lowest BCUT2D eigenvalue weighted by molar-refractivity contribution is 0.0928. The molecule has 5 rings (SSSR count). The quantitative estimate of drug-likeness (QED) is 0.462. The first-order chi connectivity index (χ1) is 15.2. The van der Waals surface area contributed by atoms with Gasteiger partial charge in [-0.2, -0.15) is 0 Å². The van der Waals surface area contributed by atoms with Crippen molar-refractivity contribution >= 4 is 39.8 Å². The van der Waals surface area contributed by atoms with Crippen LogP contribution in [0.3, 0.4) is 0 Å². The maximum absolute atomic E-state index is 12.7. The Morgan fingerprint density at radius 2 is 1.87 bits per heavy atom. The van der Waals surface area contributed by atoms with Crippen molar-refractivity contribution < 1.29 is 4.79 Å². The fraction of sp³-hybridized carbons (Fsp3) is 0.160. The lowest BCUT2D eigenvalue weighted by atomic mass is 9.88. The molecule has 1 unspecified atom stereocenters. The SMILES string of the molecule is O=C(NC1CCc2ccccc2C1)c1ccc(Nc2nccc3ccc(Cl)cc23)cn1. The van der Waals surface area contributed by atoms with Crippen LogP contribution in [0, 0.1) is 0 Å². The summed E-state index contributed by atoms with van der Waals surface area (Å²) in [5, 5.41) is 9.01. The summed E-state index contributed by atoms with van der Waals surface area (Å²) in [5.74, 6) is 0.547. The van der Waals surface area contributed by atoms with Crippen molar-refractivity contribution in [2.45, 2.75) is 25.3 Å². The zero-order valence-corrected chi connectivity index (χ0v) is 17.6. The molecule has 4 aromatic rings. The maximum atomic E-state index is 12.7. The predicted molar refractivity (Wildman–Crippen MR) is 124 cm³/mol. The second kappa shape index (κ2) is 8.36. The van der Waals surface area contributed by atoms with Gasteiger partial charge in [-0.25, -0.2) is 9.97 Å². The first kappa shape index (κ1) is 19.5. The number of hydrogen-bond acceptors (Lipinski definition) is 4. The van der Waals surface area contributed by atoms with Crippen LogP contribution in [-0.2, 0) is 12.8 Å². The van der Waals surface area contributed by atoms with Crippen molar-refractivity contribution in [2.75, 3.05) is 5.32 Å². The van der Waals surface area contributed by atoms with Gasteiger partial charge >= 0.3 is 0 Å². The number of hydrogen-bond donors (Lipinski definition) is 2. The minimum atomic E-state index is -0.147. The van der Waals surface area contributed by atoms with Crippen molar-refractivity contribution in [2.24, 2.45) is 0 Å². The van der Waals surface area contributed by atoms with E-state index in [0.29, 0.717) is 16.5 Å². The predicted octanol–water partition coefficient (Wildman–Crippen LogP) is 5.31. The Morgan fingerprint density at radius 1 is 1.00 bits per heavy atom. The molecule has 0 fully saturated rings. The zero-order valence-electron chi connectivity index (χ0n) is 16.8. The summed E-state index contributed by atoms with van der Waals surface area (Å²) >= 11 is 6.14. The molecule has 6 heteroatoms. The smallest absolute Gasteiger partial charge is 0.270 e. The molecule has 154 valence electrons. The summed E-state index contributed by atoms with van der Waals surface area (Å²) in [6, 6.07) is 19.8. The van der Waals surface area contributed by atoms with Crippen LogP contribution in [0.15, 0.2) is 73.1 Å².